The van der Waals surface area contributed by atoms with Crippen molar-refractivity contribution >= 4 is 11.4 Å². The van der Waals surface area contributed by atoms with E-state index < -0.39 is 0 Å². The Morgan fingerprint density at radius 1 is 1.35 bits per heavy atom. The molecule has 2 rings (SSSR count). The SMILES string of the molecule is CCC1CCCCN1c1cc(N)cc(OC)c1. The molecule has 3 nitrogen and oxygen atoms in total. The van der Waals surface area contributed by atoms with Crippen molar-refractivity contribution in [3.8, 4) is 5.75 Å². The first-order valence-corrected chi connectivity index (χ1v) is 6.45. The lowest BCUT2D eigenvalue weighted by atomic mass is 9.99. The van der Waals surface area contributed by atoms with E-state index in [9.17, 15) is 0 Å². The first-order valence-electron chi connectivity index (χ1n) is 6.45. The number of ether oxygens (including phenoxy) is 1. The molecule has 0 aliphatic carbocycles. The molecule has 0 amide bonds. The van der Waals surface area contributed by atoms with Gasteiger partial charge < -0.3 is 15.4 Å². The van der Waals surface area contributed by atoms with Crippen molar-refractivity contribution in [2.45, 2.75) is 38.6 Å². The Balaban J connectivity index is 2.27. The number of nitrogen functional groups attached to an aromatic ring is 1. The highest BCUT2D eigenvalue weighted by molar-refractivity contribution is 5.61. The van der Waals surface area contributed by atoms with Crippen LogP contribution in [-0.4, -0.2) is 19.7 Å². The first-order chi connectivity index (χ1) is 8.24. The van der Waals surface area contributed by atoms with Crippen LogP contribution in [0.15, 0.2) is 18.2 Å². The summed E-state index contributed by atoms with van der Waals surface area (Å²) in [5.41, 5.74) is 7.90. The van der Waals surface area contributed by atoms with E-state index in [-0.39, 0.29) is 0 Å². The lowest BCUT2D eigenvalue weighted by Gasteiger charge is -2.37. The fraction of sp³-hybridized carbons (Fsp3) is 0.571. The Bertz CT molecular complexity index is 378. The molecule has 0 spiro atoms. The van der Waals surface area contributed by atoms with E-state index in [1.165, 1.54) is 31.4 Å². The molecule has 1 aliphatic rings. The molecule has 1 aliphatic heterocycles. The molecule has 2 N–H and O–H groups in total. The maximum Gasteiger partial charge on any atom is 0.122 e. The number of anilines is 2. The minimum absolute atomic E-state index is 0.648. The maximum atomic E-state index is 5.92. The van der Waals surface area contributed by atoms with Crippen LogP contribution in [0.5, 0.6) is 5.75 Å². The molecule has 0 aromatic heterocycles. The van der Waals surface area contributed by atoms with Crippen molar-refractivity contribution < 1.29 is 4.74 Å². The van der Waals surface area contributed by atoms with Gasteiger partial charge in [-0.3, -0.25) is 0 Å². The average Bonchev–Trinajstić information content (AvgIpc) is 2.37. The van der Waals surface area contributed by atoms with Gasteiger partial charge in [0.2, 0.25) is 0 Å². The van der Waals surface area contributed by atoms with Crippen LogP contribution >= 0.6 is 0 Å². The summed E-state index contributed by atoms with van der Waals surface area (Å²) in [6.45, 7) is 3.39. The zero-order chi connectivity index (χ0) is 12.3. The summed E-state index contributed by atoms with van der Waals surface area (Å²) in [4.78, 5) is 2.47. The van der Waals surface area contributed by atoms with Crippen molar-refractivity contribution in [3.05, 3.63) is 18.2 Å². The van der Waals surface area contributed by atoms with Gasteiger partial charge in [-0.05, 0) is 31.7 Å². The molecule has 3 heteroatoms. The molecule has 0 saturated carbocycles. The Labute approximate surface area is 104 Å². The van der Waals surface area contributed by atoms with Crippen LogP contribution in [0.25, 0.3) is 0 Å². The molecule has 0 bridgehead atoms. The van der Waals surface area contributed by atoms with Gasteiger partial charge in [-0.25, -0.2) is 0 Å². The third kappa shape index (κ3) is 2.65. The Morgan fingerprint density at radius 3 is 2.88 bits per heavy atom. The van der Waals surface area contributed by atoms with Gasteiger partial charge in [-0.1, -0.05) is 6.92 Å². The van der Waals surface area contributed by atoms with Crippen LogP contribution in [0.1, 0.15) is 32.6 Å². The predicted molar refractivity (Wildman–Crippen MR) is 72.7 cm³/mol. The Morgan fingerprint density at radius 2 is 2.18 bits per heavy atom. The smallest absolute Gasteiger partial charge is 0.122 e. The normalized spacial score (nSPS) is 20.4. The number of hydrogen-bond donors (Lipinski definition) is 1. The summed E-state index contributed by atoms with van der Waals surface area (Å²) < 4.78 is 5.29. The predicted octanol–water partition coefficient (Wildman–Crippen LogP) is 3.05. The highest BCUT2D eigenvalue weighted by atomic mass is 16.5. The van der Waals surface area contributed by atoms with E-state index in [4.69, 9.17) is 10.5 Å². The monoisotopic (exact) mass is 234 g/mol. The van der Waals surface area contributed by atoms with Gasteiger partial charge in [0, 0.05) is 36.1 Å². The van der Waals surface area contributed by atoms with E-state index in [0.717, 1.165) is 18.0 Å². The molecule has 94 valence electrons. The number of hydrogen-bond acceptors (Lipinski definition) is 3. The average molecular weight is 234 g/mol. The number of rotatable bonds is 3. The van der Waals surface area contributed by atoms with E-state index >= 15 is 0 Å². The minimum Gasteiger partial charge on any atom is -0.497 e. The summed E-state index contributed by atoms with van der Waals surface area (Å²) >= 11 is 0. The van der Waals surface area contributed by atoms with Crippen LogP contribution in [0, 0.1) is 0 Å². The standard InChI is InChI=1S/C14H22N2O/c1-3-12-6-4-5-7-16(12)13-8-11(15)9-14(10-13)17-2/h8-10,12H,3-7,15H2,1-2H3. The highest BCUT2D eigenvalue weighted by Gasteiger charge is 2.21. The van der Waals surface area contributed by atoms with Crippen molar-refractivity contribution in [2.24, 2.45) is 0 Å². The third-order valence-electron chi connectivity index (χ3n) is 3.58. The number of nitrogens with zero attached hydrogens (tertiary/aromatic N) is 1. The number of piperidine rings is 1. The van der Waals surface area contributed by atoms with Gasteiger partial charge in [-0.2, -0.15) is 0 Å². The van der Waals surface area contributed by atoms with E-state index in [1.807, 2.05) is 6.07 Å². The van der Waals surface area contributed by atoms with Crippen molar-refractivity contribution in [1.29, 1.82) is 0 Å². The molecular formula is C14H22N2O. The van der Waals surface area contributed by atoms with Crippen LogP contribution in [0.4, 0.5) is 11.4 Å². The van der Waals surface area contributed by atoms with Gasteiger partial charge in [0.25, 0.3) is 0 Å². The van der Waals surface area contributed by atoms with Crippen molar-refractivity contribution in [2.75, 3.05) is 24.3 Å². The second-order valence-electron chi connectivity index (χ2n) is 4.72. The topological polar surface area (TPSA) is 38.5 Å². The summed E-state index contributed by atoms with van der Waals surface area (Å²) in [7, 11) is 1.69. The van der Waals surface area contributed by atoms with Gasteiger partial charge in [0.1, 0.15) is 5.75 Å². The first kappa shape index (κ1) is 12.1. The summed E-state index contributed by atoms with van der Waals surface area (Å²) in [6, 6.07) is 6.66. The number of methoxy groups -OCH3 is 1. The van der Waals surface area contributed by atoms with Gasteiger partial charge in [-0.15, -0.1) is 0 Å². The van der Waals surface area contributed by atoms with Crippen molar-refractivity contribution in [1.82, 2.24) is 0 Å². The number of benzene rings is 1. The quantitative estimate of drug-likeness (QED) is 0.817. The lowest BCUT2D eigenvalue weighted by molar-refractivity contribution is 0.413. The molecule has 1 aromatic rings. The molecule has 1 heterocycles. The maximum absolute atomic E-state index is 5.92. The fourth-order valence-electron chi connectivity index (χ4n) is 2.65. The lowest BCUT2D eigenvalue weighted by Crippen LogP contribution is -2.39. The molecule has 17 heavy (non-hydrogen) atoms. The molecular weight excluding hydrogens is 212 g/mol. The van der Waals surface area contributed by atoms with Crippen molar-refractivity contribution in [3.63, 3.8) is 0 Å². The summed E-state index contributed by atoms with van der Waals surface area (Å²) in [5.74, 6) is 0.848. The van der Waals surface area contributed by atoms with Gasteiger partial charge in [0.05, 0.1) is 7.11 Å². The zero-order valence-electron chi connectivity index (χ0n) is 10.8. The number of nitrogens with two attached hydrogens (primary N) is 1. The molecule has 1 atom stereocenters. The molecule has 1 saturated heterocycles. The second-order valence-corrected chi connectivity index (χ2v) is 4.72. The molecule has 1 aromatic carbocycles. The minimum atomic E-state index is 0.648. The fourth-order valence-corrected chi connectivity index (χ4v) is 2.65. The Kier molecular flexibility index (Phi) is 3.77. The molecule has 1 unspecified atom stereocenters. The van der Waals surface area contributed by atoms with Gasteiger partial charge >= 0.3 is 0 Å². The molecule has 0 radical (unpaired) electrons. The zero-order valence-corrected chi connectivity index (χ0v) is 10.8. The van der Waals surface area contributed by atoms with E-state index in [1.54, 1.807) is 7.11 Å². The van der Waals surface area contributed by atoms with Crippen LogP contribution in [0.2, 0.25) is 0 Å². The van der Waals surface area contributed by atoms with E-state index in [0.29, 0.717) is 6.04 Å². The molecule has 1 fully saturated rings. The van der Waals surface area contributed by atoms with Crippen LogP contribution < -0.4 is 15.4 Å². The van der Waals surface area contributed by atoms with Gasteiger partial charge in [0.15, 0.2) is 0 Å². The van der Waals surface area contributed by atoms with Crippen LogP contribution in [-0.2, 0) is 0 Å². The second kappa shape index (κ2) is 5.30. The van der Waals surface area contributed by atoms with Crippen LogP contribution in [0.3, 0.4) is 0 Å². The van der Waals surface area contributed by atoms with E-state index in [2.05, 4.69) is 24.0 Å². The highest BCUT2D eigenvalue weighted by Crippen LogP contribution is 2.31. The Hall–Kier alpha value is -1.38. The summed E-state index contributed by atoms with van der Waals surface area (Å²) in [5, 5.41) is 0. The summed E-state index contributed by atoms with van der Waals surface area (Å²) in [6.07, 6.45) is 5.09. The largest absolute Gasteiger partial charge is 0.497 e. The third-order valence-corrected chi connectivity index (χ3v) is 3.58.